The van der Waals surface area contributed by atoms with Crippen LogP contribution in [-0.2, 0) is 11.3 Å². The Morgan fingerprint density at radius 1 is 1.42 bits per heavy atom. The predicted octanol–water partition coefficient (Wildman–Crippen LogP) is 2.12. The first-order valence-electron chi connectivity index (χ1n) is 6.64. The van der Waals surface area contributed by atoms with Gasteiger partial charge in [-0.05, 0) is 38.1 Å². The zero-order valence-corrected chi connectivity index (χ0v) is 11.6. The summed E-state index contributed by atoms with van der Waals surface area (Å²) in [6, 6.07) is 6.08. The quantitative estimate of drug-likeness (QED) is 0.763. The van der Waals surface area contributed by atoms with E-state index in [0.29, 0.717) is 11.6 Å². The molecule has 0 atom stereocenters. The Morgan fingerprint density at radius 3 is 2.79 bits per heavy atom. The molecule has 0 unspecified atom stereocenters. The number of hydrogen-bond donors (Lipinski definition) is 0. The van der Waals surface area contributed by atoms with Crippen LogP contribution in [0.1, 0.15) is 28.8 Å². The second-order valence-corrected chi connectivity index (χ2v) is 4.95. The topological polar surface area (TPSA) is 38.8 Å². The normalized spacial score (nSPS) is 16.6. The van der Waals surface area contributed by atoms with Gasteiger partial charge in [-0.15, -0.1) is 0 Å². The first kappa shape index (κ1) is 14.0. The van der Waals surface area contributed by atoms with E-state index in [1.54, 1.807) is 13.2 Å². The summed E-state index contributed by atoms with van der Waals surface area (Å²) in [4.78, 5) is 13.2. The Kier molecular flexibility index (Phi) is 4.93. The molecule has 4 heteroatoms. The van der Waals surface area contributed by atoms with E-state index in [0.717, 1.165) is 50.2 Å². The van der Waals surface area contributed by atoms with E-state index >= 15 is 0 Å². The number of aldehydes is 1. The molecule has 1 fully saturated rings. The summed E-state index contributed by atoms with van der Waals surface area (Å²) in [5, 5.41) is 0. The molecule has 1 saturated heterocycles. The summed E-state index contributed by atoms with van der Waals surface area (Å²) in [6.45, 7) is 2.45. The second-order valence-electron chi connectivity index (χ2n) is 4.95. The minimum Gasteiger partial charge on any atom is -0.496 e. The lowest BCUT2D eigenvalue weighted by molar-refractivity contribution is 0.0405. The number of hydrogen-bond acceptors (Lipinski definition) is 4. The highest BCUT2D eigenvalue weighted by Gasteiger charge is 2.19. The lowest BCUT2D eigenvalue weighted by Crippen LogP contribution is -2.36. The van der Waals surface area contributed by atoms with E-state index in [-0.39, 0.29) is 0 Å². The number of carbonyl (C=O) groups is 1. The second kappa shape index (κ2) is 6.68. The zero-order chi connectivity index (χ0) is 13.7. The Labute approximate surface area is 114 Å². The molecule has 1 aromatic carbocycles. The molecule has 0 N–H and O–H groups in total. The van der Waals surface area contributed by atoms with E-state index in [2.05, 4.69) is 11.9 Å². The van der Waals surface area contributed by atoms with Crippen LogP contribution < -0.4 is 4.74 Å². The van der Waals surface area contributed by atoms with Gasteiger partial charge < -0.3 is 9.47 Å². The van der Waals surface area contributed by atoms with Gasteiger partial charge in [0.25, 0.3) is 0 Å². The third kappa shape index (κ3) is 3.55. The molecule has 0 aromatic heterocycles. The number of nitrogens with zero attached hydrogens (tertiary/aromatic N) is 1. The Bertz CT molecular complexity index is 427. The lowest BCUT2D eigenvalue weighted by Gasteiger charge is -2.31. The number of benzene rings is 1. The monoisotopic (exact) mass is 263 g/mol. The zero-order valence-electron chi connectivity index (χ0n) is 11.6. The molecule has 0 spiro atoms. The Morgan fingerprint density at radius 2 is 2.16 bits per heavy atom. The van der Waals surface area contributed by atoms with Crippen LogP contribution in [0.4, 0.5) is 0 Å². The van der Waals surface area contributed by atoms with Crippen LogP contribution in [0.5, 0.6) is 5.75 Å². The maximum Gasteiger partial charge on any atom is 0.150 e. The van der Waals surface area contributed by atoms with Crippen molar-refractivity contribution in [3.8, 4) is 5.75 Å². The van der Waals surface area contributed by atoms with Crippen molar-refractivity contribution in [1.29, 1.82) is 0 Å². The summed E-state index contributed by atoms with van der Waals surface area (Å²) in [5.74, 6) is 0.838. The minimum absolute atomic E-state index is 0.540. The van der Waals surface area contributed by atoms with Gasteiger partial charge >= 0.3 is 0 Å². The number of ether oxygens (including phenoxy) is 2. The Balaban J connectivity index is 2.09. The molecule has 0 saturated carbocycles. The molecule has 1 heterocycles. The van der Waals surface area contributed by atoms with Crippen molar-refractivity contribution < 1.29 is 14.3 Å². The van der Waals surface area contributed by atoms with Crippen molar-refractivity contribution in [2.75, 3.05) is 27.4 Å². The molecular formula is C15H21NO3. The van der Waals surface area contributed by atoms with Crippen molar-refractivity contribution in [3.05, 3.63) is 29.3 Å². The minimum atomic E-state index is 0.540. The molecule has 0 bridgehead atoms. The molecule has 1 aliphatic rings. The van der Waals surface area contributed by atoms with Gasteiger partial charge in [0.2, 0.25) is 0 Å². The van der Waals surface area contributed by atoms with Crippen LogP contribution in [0.3, 0.4) is 0 Å². The van der Waals surface area contributed by atoms with Crippen molar-refractivity contribution in [1.82, 2.24) is 4.90 Å². The van der Waals surface area contributed by atoms with E-state index in [1.807, 2.05) is 12.1 Å². The molecule has 0 radical (unpaired) electrons. The molecule has 2 rings (SSSR count). The molecule has 0 aliphatic carbocycles. The number of carbonyl (C=O) groups excluding carboxylic acids is 1. The smallest absolute Gasteiger partial charge is 0.150 e. The van der Waals surface area contributed by atoms with E-state index in [1.165, 1.54) is 0 Å². The third-order valence-corrected chi connectivity index (χ3v) is 3.67. The van der Waals surface area contributed by atoms with Gasteiger partial charge in [0.1, 0.15) is 12.0 Å². The van der Waals surface area contributed by atoms with E-state index in [4.69, 9.17) is 9.47 Å². The average molecular weight is 263 g/mol. The molecule has 19 heavy (non-hydrogen) atoms. The fourth-order valence-electron chi connectivity index (χ4n) is 2.52. The maximum absolute atomic E-state index is 10.9. The largest absolute Gasteiger partial charge is 0.496 e. The van der Waals surface area contributed by atoms with E-state index < -0.39 is 0 Å². The Hall–Kier alpha value is -1.39. The van der Waals surface area contributed by atoms with Crippen molar-refractivity contribution in [3.63, 3.8) is 0 Å². The van der Waals surface area contributed by atoms with Gasteiger partial charge in [0, 0.05) is 36.9 Å². The number of rotatable bonds is 5. The summed E-state index contributed by atoms with van der Waals surface area (Å²) < 4.78 is 10.7. The standard InChI is InChI=1S/C15H21NO3/c1-16(14-5-7-19-8-6-14)10-13-9-12(11-17)3-4-15(13)18-2/h3-4,9,11,14H,5-8,10H2,1-2H3. The maximum atomic E-state index is 10.9. The highest BCUT2D eigenvalue weighted by molar-refractivity contribution is 5.75. The highest BCUT2D eigenvalue weighted by Crippen LogP contribution is 2.23. The first-order valence-corrected chi connectivity index (χ1v) is 6.64. The molecule has 0 amide bonds. The third-order valence-electron chi connectivity index (χ3n) is 3.67. The van der Waals surface area contributed by atoms with Crippen molar-refractivity contribution >= 4 is 6.29 Å². The number of methoxy groups -OCH3 is 1. The van der Waals surface area contributed by atoms with Crippen molar-refractivity contribution in [2.45, 2.75) is 25.4 Å². The fourth-order valence-corrected chi connectivity index (χ4v) is 2.52. The van der Waals surface area contributed by atoms with E-state index in [9.17, 15) is 4.79 Å². The summed E-state index contributed by atoms with van der Waals surface area (Å²) >= 11 is 0. The van der Waals surface area contributed by atoms with Gasteiger partial charge in [0.05, 0.1) is 7.11 Å². The van der Waals surface area contributed by atoms with Gasteiger partial charge in [-0.3, -0.25) is 9.69 Å². The molecule has 4 nitrogen and oxygen atoms in total. The van der Waals surface area contributed by atoms with Crippen molar-refractivity contribution in [2.24, 2.45) is 0 Å². The summed E-state index contributed by atoms with van der Waals surface area (Å²) in [6.07, 6.45) is 3.00. The van der Waals surface area contributed by atoms with Gasteiger partial charge in [0.15, 0.2) is 0 Å². The molecule has 1 aliphatic heterocycles. The predicted molar refractivity (Wildman–Crippen MR) is 73.7 cm³/mol. The highest BCUT2D eigenvalue weighted by atomic mass is 16.5. The van der Waals surface area contributed by atoms with Crippen LogP contribution >= 0.6 is 0 Å². The van der Waals surface area contributed by atoms with Crippen LogP contribution in [-0.4, -0.2) is 44.6 Å². The summed E-state index contributed by atoms with van der Waals surface area (Å²) in [5.41, 5.74) is 1.75. The first-order chi connectivity index (χ1) is 9.24. The van der Waals surface area contributed by atoms with Crippen LogP contribution in [0.2, 0.25) is 0 Å². The lowest BCUT2D eigenvalue weighted by atomic mass is 10.1. The van der Waals surface area contributed by atoms with Gasteiger partial charge in [-0.25, -0.2) is 0 Å². The van der Waals surface area contributed by atoms with Gasteiger partial charge in [-0.2, -0.15) is 0 Å². The molecule has 1 aromatic rings. The van der Waals surface area contributed by atoms with Crippen LogP contribution in [0.15, 0.2) is 18.2 Å². The molecular weight excluding hydrogens is 242 g/mol. The fraction of sp³-hybridized carbons (Fsp3) is 0.533. The average Bonchev–Trinajstić information content (AvgIpc) is 2.48. The summed E-state index contributed by atoms with van der Waals surface area (Å²) in [7, 11) is 3.77. The molecule has 104 valence electrons. The van der Waals surface area contributed by atoms with Gasteiger partial charge in [-0.1, -0.05) is 0 Å². The SMILES string of the molecule is COc1ccc(C=O)cc1CN(C)C1CCOCC1. The van der Waals surface area contributed by atoms with Crippen LogP contribution in [0, 0.1) is 0 Å². The van der Waals surface area contributed by atoms with Crippen LogP contribution in [0.25, 0.3) is 0 Å².